The molecule has 2 aromatic rings. The molecule has 0 spiro atoms. The van der Waals surface area contributed by atoms with Gasteiger partial charge in [0.1, 0.15) is 10.9 Å². The van der Waals surface area contributed by atoms with Gasteiger partial charge in [0.05, 0.1) is 10.6 Å². The van der Waals surface area contributed by atoms with Gasteiger partial charge in [-0.25, -0.2) is 9.97 Å². The molecule has 0 aliphatic carbocycles. The van der Waals surface area contributed by atoms with Crippen molar-refractivity contribution in [1.29, 1.82) is 5.26 Å². The van der Waals surface area contributed by atoms with Crippen molar-refractivity contribution < 1.29 is 0 Å². The lowest BCUT2D eigenvalue weighted by molar-refractivity contribution is 1.19. The van der Waals surface area contributed by atoms with Crippen LogP contribution in [0, 0.1) is 11.3 Å². The quantitative estimate of drug-likeness (QED) is 0.763. The van der Waals surface area contributed by atoms with Crippen LogP contribution in [-0.2, 0) is 0 Å². The third-order valence-electron chi connectivity index (χ3n) is 1.64. The molecule has 2 heterocycles. The number of anilines is 1. The summed E-state index contributed by atoms with van der Waals surface area (Å²) in [6, 6.07) is 7.46. The van der Waals surface area contributed by atoms with Crippen LogP contribution >= 0.6 is 11.3 Å². The topological polar surface area (TPSA) is 75.6 Å². The molecule has 0 fully saturated rings. The summed E-state index contributed by atoms with van der Waals surface area (Å²) in [4.78, 5) is 9.45. The Balaban J connectivity index is 2.45. The molecule has 0 bridgehead atoms. The van der Waals surface area contributed by atoms with E-state index in [1.165, 1.54) is 11.3 Å². The van der Waals surface area contributed by atoms with Crippen LogP contribution in [0.2, 0.25) is 0 Å². The zero-order chi connectivity index (χ0) is 9.97. The van der Waals surface area contributed by atoms with E-state index >= 15 is 0 Å². The Labute approximate surface area is 84.7 Å². The van der Waals surface area contributed by atoms with Crippen molar-refractivity contribution in [3.8, 4) is 16.6 Å². The molecule has 2 aromatic heterocycles. The number of hydrogen-bond donors (Lipinski definition) is 1. The van der Waals surface area contributed by atoms with Gasteiger partial charge in [-0.15, -0.1) is 11.3 Å². The number of nitriles is 1. The molecule has 0 saturated heterocycles. The normalized spacial score (nSPS) is 9.64. The van der Waals surface area contributed by atoms with E-state index in [0.29, 0.717) is 4.88 Å². The summed E-state index contributed by atoms with van der Waals surface area (Å²) in [6.07, 6.45) is 1.60. The average molecular weight is 202 g/mol. The lowest BCUT2D eigenvalue weighted by Gasteiger charge is -1.95. The van der Waals surface area contributed by atoms with Gasteiger partial charge >= 0.3 is 0 Å². The molecule has 68 valence electrons. The van der Waals surface area contributed by atoms with Crippen molar-refractivity contribution >= 4 is 17.3 Å². The average Bonchev–Trinajstić information content (AvgIpc) is 2.66. The van der Waals surface area contributed by atoms with Gasteiger partial charge in [-0.3, -0.25) is 0 Å². The molecule has 14 heavy (non-hydrogen) atoms. The smallest absolute Gasteiger partial charge is 0.220 e. The summed E-state index contributed by atoms with van der Waals surface area (Å²) in [7, 11) is 0. The summed E-state index contributed by atoms with van der Waals surface area (Å²) >= 11 is 1.39. The fourth-order valence-corrected chi connectivity index (χ4v) is 1.82. The molecule has 0 aliphatic heterocycles. The Hall–Kier alpha value is -1.93. The minimum absolute atomic E-state index is 0.245. The van der Waals surface area contributed by atoms with Crippen molar-refractivity contribution in [2.24, 2.45) is 0 Å². The van der Waals surface area contributed by atoms with E-state index in [0.717, 1.165) is 10.6 Å². The third kappa shape index (κ3) is 1.56. The highest BCUT2D eigenvalue weighted by Gasteiger charge is 2.03. The molecule has 0 aliphatic rings. The monoisotopic (exact) mass is 202 g/mol. The van der Waals surface area contributed by atoms with E-state index in [2.05, 4.69) is 16.0 Å². The van der Waals surface area contributed by atoms with Gasteiger partial charge in [0.2, 0.25) is 5.95 Å². The number of hydrogen-bond acceptors (Lipinski definition) is 5. The van der Waals surface area contributed by atoms with Gasteiger partial charge in [0, 0.05) is 6.20 Å². The number of nitrogens with two attached hydrogens (primary N) is 1. The van der Waals surface area contributed by atoms with Crippen LogP contribution in [-0.4, -0.2) is 9.97 Å². The predicted molar refractivity (Wildman–Crippen MR) is 54.5 cm³/mol. The van der Waals surface area contributed by atoms with Crippen LogP contribution in [0.4, 0.5) is 5.95 Å². The molecule has 4 nitrogen and oxygen atoms in total. The molecule has 0 atom stereocenters. The number of aromatic nitrogens is 2. The van der Waals surface area contributed by atoms with E-state index in [9.17, 15) is 0 Å². The molecule has 5 heteroatoms. The molecule has 0 saturated carbocycles. The van der Waals surface area contributed by atoms with Crippen LogP contribution < -0.4 is 5.73 Å². The highest BCUT2D eigenvalue weighted by Crippen LogP contribution is 2.25. The zero-order valence-electron chi connectivity index (χ0n) is 7.14. The lowest BCUT2D eigenvalue weighted by Crippen LogP contribution is -1.93. The molecule has 0 amide bonds. The summed E-state index contributed by atoms with van der Waals surface area (Å²) in [5, 5.41) is 8.66. The van der Waals surface area contributed by atoms with Crippen molar-refractivity contribution in [3.63, 3.8) is 0 Å². The fourth-order valence-electron chi connectivity index (χ4n) is 1.05. The predicted octanol–water partition coefficient (Wildman–Crippen LogP) is 1.66. The largest absolute Gasteiger partial charge is 0.368 e. The number of rotatable bonds is 1. The second-order valence-electron chi connectivity index (χ2n) is 2.58. The first-order valence-electron chi connectivity index (χ1n) is 3.88. The van der Waals surface area contributed by atoms with Gasteiger partial charge < -0.3 is 5.73 Å². The summed E-state index contributed by atoms with van der Waals surface area (Å²) < 4.78 is 0. The van der Waals surface area contributed by atoms with Gasteiger partial charge in [0.25, 0.3) is 0 Å². The van der Waals surface area contributed by atoms with Crippen LogP contribution in [0.15, 0.2) is 24.4 Å². The fraction of sp³-hybridized carbons (Fsp3) is 0. The number of nitrogens with zero attached hydrogens (tertiary/aromatic N) is 3. The Morgan fingerprint density at radius 2 is 2.21 bits per heavy atom. The van der Waals surface area contributed by atoms with E-state index in [-0.39, 0.29) is 5.95 Å². The zero-order valence-corrected chi connectivity index (χ0v) is 7.95. The number of nitrogen functional groups attached to an aromatic ring is 1. The first kappa shape index (κ1) is 8.66. The van der Waals surface area contributed by atoms with Gasteiger partial charge in [-0.05, 0) is 18.2 Å². The van der Waals surface area contributed by atoms with Gasteiger partial charge in [-0.2, -0.15) is 5.26 Å². The Morgan fingerprint density at radius 3 is 2.86 bits per heavy atom. The molecule has 0 radical (unpaired) electrons. The van der Waals surface area contributed by atoms with Crippen LogP contribution in [0.25, 0.3) is 10.6 Å². The van der Waals surface area contributed by atoms with E-state index in [4.69, 9.17) is 11.0 Å². The molecule has 0 unspecified atom stereocenters. The van der Waals surface area contributed by atoms with Crippen LogP contribution in [0.5, 0.6) is 0 Å². The van der Waals surface area contributed by atoms with E-state index < -0.39 is 0 Å². The summed E-state index contributed by atoms with van der Waals surface area (Å²) in [5.41, 5.74) is 6.21. The molecular formula is C9H6N4S. The molecule has 2 N–H and O–H groups in total. The van der Waals surface area contributed by atoms with Crippen LogP contribution in [0.3, 0.4) is 0 Å². The van der Waals surface area contributed by atoms with Crippen molar-refractivity contribution in [2.75, 3.05) is 5.73 Å². The second-order valence-corrected chi connectivity index (χ2v) is 3.66. The summed E-state index contributed by atoms with van der Waals surface area (Å²) in [5.74, 6) is 0.245. The van der Waals surface area contributed by atoms with Crippen LogP contribution in [0.1, 0.15) is 4.88 Å². The summed E-state index contributed by atoms with van der Waals surface area (Å²) in [6.45, 7) is 0. The maximum absolute atomic E-state index is 8.66. The Bertz CT molecular complexity index is 498. The van der Waals surface area contributed by atoms with Gasteiger partial charge in [-0.1, -0.05) is 0 Å². The molecular weight excluding hydrogens is 196 g/mol. The van der Waals surface area contributed by atoms with Crippen molar-refractivity contribution in [1.82, 2.24) is 9.97 Å². The highest BCUT2D eigenvalue weighted by atomic mass is 32.1. The maximum atomic E-state index is 8.66. The Kier molecular flexibility index (Phi) is 2.13. The lowest BCUT2D eigenvalue weighted by atomic mass is 10.3. The Morgan fingerprint density at radius 1 is 1.36 bits per heavy atom. The van der Waals surface area contributed by atoms with E-state index in [1.54, 1.807) is 18.3 Å². The van der Waals surface area contributed by atoms with Gasteiger partial charge in [0.15, 0.2) is 0 Å². The highest BCUT2D eigenvalue weighted by molar-refractivity contribution is 7.15. The first-order valence-corrected chi connectivity index (χ1v) is 4.70. The number of thiophene rings is 1. The maximum Gasteiger partial charge on any atom is 0.220 e. The molecule has 2 rings (SSSR count). The SMILES string of the molecule is N#Cc1ccc(-c2ccnc(N)n2)s1. The van der Waals surface area contributed by atoms with E-state index in [1.807, 2.05) is 6.07 Å². The third-order valence-corrected chi connectivity index (χ3v) is 2.66. The second kappa shape index (κ2) is 3.44. The van der Waals surface area contributed by atoms with Crippen molar-refractivity contribution in [2.45, 2.75) is 0 Å². The molecule has 0 aromatic carbocycles. The standard InChI is InChI=1S/C9H6N4S/c10-5-6-1-2-8(14-6)7-3-4-12-9(11)13-7/h1-4H,(H2,11,12,13). The minimum atomic E-state index is 0.245. The minimum Gasteiger partial charge on any atom is -0.368 e. The van der Waals surface area contributed by atoms with Crippen molar-refractivity contribution in [3.05, 3.63) is 29.3 Å². The first-order chi connectivity index (χ1) is 6.79.